The van der Waals surface area contributed by atoms with Crippen LogP contribution in [0.3, 0.4) is 0 Å². The standard InChI is InChI=1S/C13H18N2/c1-10(11(2)14)13(15-3)12-8-6-4-5-7-9-12/h4,6-9,11H,1,5,14H2,2-3H3. The molecule has 1 aliphatic carbocycles. The fraction of sp³-hybridized carbons (Fsp3) is 0.308. The van der Waals surface area contributed by atoms with Gasteiger partial charge in [0.2, 0.25) is 0 Å². The predicted molar refractivity (Wildman–Crippen MR) is 67.1 cm³/mol. The fourth-order valence-electron chi connectivity index (χ4n) is 1.41. The molecule has 0 saturated heterocycles. The Morgan fingerprint density at radius 2 is 2.27 bits per heavy atom. The van der Waals surface area contributed by atoms with Crippen molar-refractivity contribution in [3.05, 3.63) is 48.1 Å². The first-order valence-corrected chi connectivity index (χ1v) is 5.12. The van der Waals surface area contributed by atoms with E-state index in [4.69, 9.17) is 5.73 Å². The van der Waals surface area contributed by atoms with Gasteiger partial charge in [0.05, 0.1) is 5.71 Å². The Balaban J connectivity index is 2.98. The molecule has 0 aromatic carbocycles. The molecule has 0 aromatic rings. The van der Waals surface area contributed by atoms with Gasteiger partial charge in [-0.15, -0.1) is 0 Å². The predicted octanol–water partition coefficient (Wildman–Crippen LogP) is 2.40. The molecule has 0 spiro atoms. The van der Waals surface area contributed by atoms with Crippen LogP contribution >= 0.6 is 0 Å². The van der Waals surface area contributed by atoms with Crippen molar-refractivity contribution >= 4 is 5.71 Å². The molecule has 0 amide bonds. The summed E-state index contributed by atoms with van der Waals surface area (Å²) in [5, 5.41) is 0. The molecule has 0 aliphatic heterocycles. The fourth-order valence-corrected chi connectivity index (χ4v) is 1.41. The number of allylic oxidation sites excluding steroid dienone is 6. The minimum atomic E-state index is -0.0646. The van der Waals surface area contributed by atoms with Crippen molar-refractivity contribution in [3.63, 3.8) is 0 Å². The zero-order chi connectivity index (χ0) is 11.3. The van der Waals surface area contributed by atoms with Gasteiger partial charge in [0, 0.05) is 13.1 Å². The zero-order valence-corrected chi connectivity index (χ0v) is 9.40. The number of hydrogen-bond acceptors (Lipinski definition) is 2. The summed E-state index contributed by atoms with van der Waals surface area (Å²) in [6, 6.07) is -0.0646. The highest BCUT2D eigenvalue weighted by Crippen LogP contribution is 2.13. The lowest BCUT2D eigenvalue weighted by molar-refractivity contribution is 0.899. The van der Waals surface area contributed by atoms with Crippen LogP contribution in [0.25, 0.3) is 0 Å². The number of rotatable bonds is 3. The lowest BCUT2D eigenvalue weighted by Crippen LogP contribution is -2.23. The second-order valence-electron chi connectivity index (χ2n) is 3.57. The highest BCUT2D eigenvalue weighted by atomic mass is 14.7. The van der Waals surface area contributed by atoms with E-state index in [0.717, 1.165) is 23.3 Å². The largest absolute Gasteiger partial charge is 0.324 e. The Hall–Kier alpha value is -1.41. The molecule has 2 nitrogen and oxygen atoms in total. The third-order valence-corrected chi connectivity index (χ3v) is 2.33. The van der Waals surface area contributed by atoms with Crippen molar-refractivity contribution in [2.24, 2.45) is 10.7 Å². The van der Waals surface area contributed by atoms with Gasteiger partial charge in [0.25, 0.3) is 0 Å². The van der Waals surface area contributed by atoms with Crippen LogP contribution < -0.4 is 5.73 Å². The van der Waals surface area contributed by atoms with Crippen molar-refractivity contribution in [1.29, 1.82) is 0 Å². The second kappa shape index (κ2) is 5.47. The molecule has 2 N–H and O–H groups in total. The van der Waals surface area contributed by atoms with Crippen molar-refractivity contribution < 1.29 is 0 Å². The van der Waals surface area contributed by atoms with Crippen LogP contribution in [0.2, 0.25) is 0 Å². The average molecular weight is 202 g/mol. The van der Waals surface area contributed by atoms with E-state index >= 15 is 0 Å². The smallest absolute Gasteiger partial charge is 0.0684 e. The number of hydrogen-bond donors (Lipinski definition) is 1. The average Bonchev–Trinajstić information content (AvgIpc) is 2.47. The molecule has 0 fully saturated rings. The van der Waals surface area contributed by atoms with Gasteiger partial charge in [-0.2, -0.15) is 0 Å². The summed E-state index contributed by atoms with van der Waals surface area (Å²) in [4.78, 5) is 4.26. The van der Waals surface area contributed by atoms with Gasteiger partial charge in [0.15, 0.2) is 0 Å². The summed E-state index contributed by atoms with van der Waals surface area (Å²) in [7, 11) is 1.77. The lowest BCUT2D eigenvalue weighted by atomic mass is 9.98. The minimum Gasteiger partial charge on any atom is -0.324 e. The molecule has 1 atom stereocenters. The molecule has 0 bridgehead atoms. The maximum atomic E-state index is 5.81. The Kier molecular flexibility index (Phi) is 4.25. The quantitative estimate of drug-likeness (QED) is 0.701. The second-order valence-corrected chi connectivity index (χ2v) is 3.57. The highest BCUT2D eigenvalue weighted by Gasteiger charge is 2.11. The Morgan fingerprint density at radius 1 is 1.53 bits per heavy atom. The van der Waals surface area contributed by atoms with E-state index in [-0.39, 0.29) is 6.04 Å². The first-order valence-electron chi connectivity index (χ1n) is 5.12. The molecule has 0 radical (unpaired) electrons. The first-order chi connectivity index (χ1) is 7.16. The Morgan fingerprint density at radius 3 is 2.87 bits per heavy atom. The summed E-state index contributed by atoms with van der Waals surface area (Å²) >= 11 is 0. The van der Waals surface area contributed by atoms with E-state index in [1.54, 1.807) is 7.05 Å². The van der Waals surface area contributed by atoms with Gasteiger partial charge >= 0.3 is 0 Å². The summed E-state index contributed by atoms with van der Waals surface area (Å²) in [5.74, 6) is 0. The van der Waals surface area contributed by atoms with E-state index < -0.39 is 0 Å². The van der Waals surface area contributed by atoms with Crippen LogP contribution in [0.1, 0.15) is 13.3 Å². The third-order valence-electron chi connectivity index (χ3n) is 2.33. The molecule has 0 heterocycles. The van der Waals surface area contributed by atoms with Gasteiger partial charge in [-0.25, -0.2) is 0 Å². The van der Waals surface area contributed by atoms with Crippen LogP contribution in [0, 0.1) is 0 Å². The Bertz CT molecular complexity index is 355. The van der Waals surface area contributed by atoms with Gasteiger partial charge in [-0.1, -0.05) is 37.0 Å². The monoisotopic (exact) mass is 202 g/mol. The number of nitrogens with two attached hydrogens (primary N) is 1. The normalized spacial score (nSPS) is 18.3. The van der Waals surface area contributed by atoms with Crippen molar-refractivity contribution in [3.8, 4) is 0 Å². The number of aliphatic imine (C=N–C) groups is 1. The van der Waals surface area contributed by atoms with E-state index in [1.807, 2.05) is 19.1 Å². The van der Waals surface area contributed by atoms with Gasteiger partial charge in [-0.05, 0) is 24.5 Å². The molecule has 2 heteroatoms. The van der Waals surface area contributed by atoms with Crippen LogP contribution in [-0.2, 0) is 0 Å². The van der Waals surface area contributed by atoms with Crippen LogP contribution in [0.4, 0.5) is 0 Å². The molecule has 1 aliphatic rings. The van der Waals surface area contributed by atoms with E-state index in [9.17, 15) is 0 Å². The first kappa shape index (κ1) is 11.7. The molecule has 1 unspecified atom stereocenters. The summed E-state index contributed by atoms with van der Waals surface area (Å²) in [5.41, 5.74) is 8.66. The summed E-state index contributed by atoms with van der Waals surface area (Å²) in [6.07, 6.45) is 11.3. The van der Waals surface area contributed by atoms with E-state index in [0.29, 0.717) is 0 Å². The van der Waals surface area contributed by atoms with E-state index in [1.165, 1.54) is 0 Å². The molecular formula is C13H18N2. The molecule has 15 heavy (non-hydrogen) atoms. The van der Waals surface area contributed by atoms with E-state index in [2.05, 4.69) is 29.8 Å². The van der Waals surface area contributed by atoms with Crippen molar-refractivity contribution in [2.75, 3.05) is 7.05 Å². The van der Waals surface area contributed by atoms with Gasteiger partial charge in [-0.3, -0.25) is 4.99 Å². The SMILES string of the molecule is C=C(C(=NC)C1=CC=CCC=C1)C(C)N. The van der Waals surface area contributed by atoms with Gasteiger partial charge < -0.3 is 5.73 Å². The van der Waals surface area contributed by atoms with Crippen molar-refractivity contribution in [1.82, 2.24) is 0 Å². The number of nitrogens with zero attached hydrogens (tertiary/aromatic N) is 1. The van der Waals surface area contributed by atoms with Crippen LogP contribution in [-0.4, -0.2) is 18.8 Å². The maximum Gasteiger partial charge on any atom is 0.0684 e. The van der Waals surface area contributed by atoms with Gasteiger partial charge in [0.1, 0.15) is 0 Å². The maximum absolute atomic E-state index is 5.81. The van der Waals surface area contributed by atoms with Crippen molar-refractivity contribution in [2.45, 2.75) is 19.4 Å². The molecule has 1 rings (SSSR count). The van der Waals surface area contributed by atoms with Crippen LogP contribution in [0.5, 0.6) is 0 Å². The summed E-state index contributed by atoms with van der Waals surface area (Å²) < 4.78 is 0. The highest BCUT2D eigenvalue weighted by molar-refractivity contribution is 6.14. The molecular weight excluding hydrogens is 184 g/mol. The molecule has 0 saturated carbocycles. The third kappa shape index (κ3) is 3.03. The zero-order valence-electron chi connectivity index (χ0n) is 9.40. The summed E-state index contributed by atoms with van der Waals surface area (Å²) in [6.45, 7) is 5.90. The molecule has 0 aromatic heterocycles. The molecule has 80 valence electrons. The lowest BCUT2D eigenvalue weighted by Gasteiger charge is -2.13. The van der Waals surface area contributed by atoms with Crippen LogP contribution in [0.15, 0.2) is 53.1 Å². The topological polar surface area (TPSA) is 38.4 Å². The minimum absolute atomic E-state index is 0.0646. The Labute approximate surface area is 91.6 Å².